The van der Waals surface area contributed by atoms with Crippen molar-refractivity contribution < 1.29 is 19.4 Å². The van der Waals surface area contributed by atoms with Crippen LogP contribution in [0.4, 0.5) is 0 Å². The number of phenols is 1. The Labute approximate surface area is 153 Å². The van der Waals surface area contributed by atoms with Crippen LogP contribution in [0.1, 0.15) is 52.0 Å². The second-order valence-corrected chi connectivity index (χ2v) is 7.25. The monoisotopic (exact) mass is 365 g/mol. The fourth-order valence-electron chi connectivity index (χ4n) is 2.53. The molecular formula is C19H27NO4S. The van der Waals surface area contributed by atoms with Crippen LogP contribution in [0, 0.1) is 0 Å². The van der Waals surface area contributed by atoms with Gasteiger partial charge in [0, 0.05) is 17.4 Å². The summed E-state index contributed by atoms with van der Waals surface area (Å²) in [5, 5.41) is 11.0. The summed E-state index contributed by atoms with van der Waals surface area (Å²) in [6.45, 7) is 6.69. The first-order valence-electron chi connectivity index (χ1n) is 8.86. The highest BCUT2D eigenvalue weighted by molar-refractivity contribution is 8.14. The van der Waals surface area contributed by atoms with Crippen LogP contribution in [0.25, 0.3) is 0 Å². The Morgan fingerprint density at radius 1 is 1.32 bits per heavy atom. The molecule has 0 amide bonds. The Morgan fingerprint density at radius 2 is 2.12 bits per heavy atom. The molecule has 5 nitrogen and oxygen atoms in total. The average Bonchev–Trinajstić information content (AvgIpc) is 2.98. The van der Waals surface area contributed by atoms with Crippen LogP contribution in [0.15, 0.2) is 23.2 Å². The minimum atomic E-state index is -0.892. The van der Waals surface area contributed by atoms with Crippen molar-refractivity contribution in [1.29, 1.82) is 0 Å². The summed E-state index contributed by atoms with van der Waals surface area (Å²) in [4.78, 5) is 16.6. The number of benzene rings is 1. The molecule has 1 N–H and O–H groups in total. The Kier molecular flexibility index (Phi) is 7.17. The number of phenolic OH excluding ortho intramolecular Hbond substituents is 1. The molecule has 2 rings (SSSR count). The van der Waals surface area contributed by atoms with E-state index < -0.39 is 5.54 Å². The Morgan fingerprint density at radius 3 is 2.80 bits per heavy atom. The molecule has 0 saturated carbocycles. The van der Waals surface area contributed by atoms with Gasteiger partial charge in [-0.3, -0.25) is 4.99 Å². The maximum absolute atomic E-state index is 12.1. The number of esters is 1. The van der Waals surface area contributed by atoms with E-state index in [0.717, 1.165) is 12.8 Å². The Balaban J connectivity index is 2.02. The number of nitrogens with zero attached hydrogens (tertiary/aromatic N) is 1. The van der Waals surface area contributed by atoms with E-state index in [9.17, 15) is 9.90 Å². The summed E-state index contributed by atoms with van der Waals surface area (Å²) in [5.74, 6) is 0.944. The molecule has 0 saturated heterocycles. The van der Waals surface area contributed by atoms with Gasteiger partial charge in [0.15, 0.2) is 5.54 Å². The van der Waals surface area contributed by atoms with Crippen LogP contribution in [-0.4, -0.2) is 40.6 Å². The molecule has 1 heterocycles. The predicted molar refractivity (Wildman–Crippen MR) is 102 cm³/mol. The number of unbranched alkanes of at least 4 members (excludes halogenated alkanes) is 3. The first-order chi connectivity index (χ1) is 12.0. The van der Waals surface area contributed by atoms with E-state index in [1.54, 1.807) is 26.0 Å². The van der Waals surface area contributed by atoms with Crippen molar-refractivity contribution in [1.82, 2.24) is 0 Å². The normalized spacial score (nSPS) is 19.6. The highest BCUT2D eigenvalue weighted by Gasteiger charge is 2.40. The second kappa shape index (κ2) is 9.13. The molecule has 6 heteroatoms. The average molecular weight is 365 g/mol. The molecular weight excluding hydrogens is 338 g/mol. The highest BCUT2D eigenvalue weighted by Crippen LogP contribution is 2.36. The van der Waals surface area contributed by atoms with Crippen molar-refractivity contribution in [2.24, 2.45) is 4.99 Å². The molecule has 0 spiro atoms. The van der Waals surface area contributed by atoms with Crippen LogP contribution in [0.2, 0.25) is 0 Å². The number of aromatic hydroxyl groups is 1. The van der Waals surface area contributed by atoms with Crippen molar-refractivity contribution in [3.63, 3.8) is 0 Å². The van der Waals surface area contributed by atoms with Crippen molar-refractivity contribution in [3.05, 3.63) is 23.8 Å². The standard InChI is InChI=1S/C19H27NO4S/c1-4-6-7-8-11-24-14-9-10-15(16(21)12-14)17-20-19(3,13-25-17)18(22)23-5-2/h9-10,12,21H,4-8,11,13H2,1-3H3/t19-/m1/s1. The fraction of sp³-hybridized carbons (Fsp3) is 0.579. The molecule has 1 aliphatic rings. The zero-order valence-electron chi connectivity index (χ0n) is 15.2. The summed E-state index contributed by atoms with van der Waals surface area (Å²) in [6, 6.07) is 5.23. The van der Waals surface area contributed by atoms with Gasteiger partial charge in [-0.15, -0.1) is 11.8 Å². The zero-order valence-corrected chi connectivity index (χ0v) is 16.0. The van der Waals surface area contributed by atoms with Gasteiger partial charge < -0.3 is 14.6 Å². The molecule has 1 aromatic rings. The van der Waals surface area contributed by atoms with Gasteiger partial charge in [0.25, 0.3) is 0 Å². The summed E-state index contributed by atoms with van der Waals surface area (Å²) in [7, 11) is 0. The number of rotatable bonds is 9. The van der Waals surface area contributed by atoms with Crippen LogP contribution >= 0.6 is 11.8 Å². The van der Waals surface area contributed by atoms with Gasteiger partial charge in [-0.25, -0.2) is 4.79 Å². The first-order valence-corrected chi connectivity index (χ1v) is 9.84. The van der Waals surface area contributed by atoms with Gasteiger partial charge in [-0.05, 0) is 32.4 Å². The van der Waals surface area contributed by atoms with Crippen molar-refractivity contribution in [2.45, 2.75) is 52.0 Å². The van der Waals surface area contributed by atoms with E-state index in [4.69, 9.17) is 9.47 Å². The van der Waals surface area contributed by atoms with E-state index in [-0.39, 0.29) is 11.7 Å². The maximum atomic E-state index is 12.1. The van der Waals surface area contributed by atoms with Gasteiger partial charge in [0.1, 0.15) is 16.5 Å². The van der Waals surface area contributed by atoms with Crippen LogP contribution in [-0.2, 0) is 9.53 Å². The van der Waals surface area contributed by atoms with E-state index in [2.05, 4.69) is 11.9 Å². The molecule has 1 atom stereocenters. The minimum Gasteiger partial charge on any atom is -0.507 e. The molecule has 0 aliphatic carbocycles. The third kappa shape index (κ3) is 5.14. The smallest absolute Gasteiger partial charge is 0.334 e. The topological polar surface area (TPSA) is 68.1 Å². The van der Waals surface area contributed by atoms with Gasteiger partial charge in [0.05, 0.1) is 13.2 Å². The van der Waals surface area contributed by atoms with Gasteiger partial charge >= 0.3 is 5.97 Å². The van der Waals surface area contributed by atoms with Gasteiger partial charge in [-0.2, -0.15) is 0 Å². The molecule has 0 aromatic heterocycles. The molecule has 25 heavy (non-hydrogen) atoms. The second-order valence-electron chi connectivity index (χ2n) is 6.29. The maximum Gasteiger partial charge on any atom is 0.334 e. The molecule has 0 unspecified atom stereocenters. The number of carbonyl (C=O) groups excluding carboxylic acids is 1. The molecule has 0 bridgehead atoms. The lowest BCUT2D eigenvalue weighted by Gasteiger charge is -2.16. The Hall–Kier alpha value is -1.69. The van der Waals surface area contributed by atoms with E-state index in [1.165, 1.54) is 24.6 Å². The van der Waals surface area contributed by atoms with E-state index in [0.29, 0.717) is 35.3 Å². The number of hydrogen-bond donors (Lipinski definition) is 1. The summed E-state index contributed by atoms with van der Waals surface area (Å²) in [6.07, 6.45) is 4.57. The molecule has 1 aliphatic heterocycles. The number of thioether (sulfide) groups is 1. The molecule has 138 valence electrons. The lowest BCUT2D eigenvalue weighted by molar-refractivity contribution is -0.147. The van der Waals surface area contributed by atoms with Crippen molar-refractivity contribution in [2.75, 3.05) is 19.0 Å². The summed E-state index contributed by atoms with van der Waals surface area (Å²) < 4.78 is 10.8. The largest absolute Gasteiger partial charge is 0.507 e. The van der Waals surface area contributed by atoms with Crippen LogP contribution < -0.4 is 4.74 Å². The van der Waals surface area contributed by atoms with Crippen molar-refractivity contribution >= 4 is 22.8 Å². The van der Waals surface area contributed by atoms with E-state index >= 15 is 0 Å². The Bertz CT molecular complexity index is 632. The number of hydrogen-bond acceptors (Lipinski definition) is 6. The number of ether oxygens (including phenoxy) is 2. The number of aliphatic imine (C=N–C) groups is 1. The molecule has 0 fully saturated rings. The first kappa shape index (κ1) is 19.6. The van der Waals surface area contributed by atoms with Gasteiger partial charge in [0.2, 0.25) is 0 Å². The minimum absolute atomic E-state index is 0.116. The van der Waals surface area contributed by atoms with Crippen LogP contribution in [0.3, 0.4) is 0 Å². The highest BCUT2D eigenvalue weighted by atomic mass is 32.2. The number of carbonyl (C=O) groups is 1. The third-order valence-corrected chi connectivity index (χ3v) is 5.31. The molecule has 1 aromatic carbocycles. The SMILES string of the molecule is CCCCCCOc1ccc(C2=N[C@@](C)(C(=O)OCC)CS2)c(O)c1. The predicted octanol–water partition coefficient (Wildman–Crippen LogP) is 4.17. The zero-order chi connectivity index (χ0) is 18.3. The summed E-state index contributed by atoms with van der Waals surface area (Å²) in [5.41, 5.74) is -0.270. The fourth-order valence-corrected chi connectivity index (χ4v) is 3.72. The van der Waals surface area contributed by atoms with Crippen LogP contribution in [0.5, 0.6) is 11.5 Å². The third-order valence-electron chi connectivity index (χ3n) is 4.02. The lowest BCUT2D eigenvalue weighted by Crippen LogP contribution is -2.35. The summed E-state index contributed by atoms with van der Waals surface area (Å²) >= 11 is 1.45. The van der Waals surface area contributed by atoms with Gasteiger partial charge in [-0.1, -0.05) is 26.2 Å². The van der Waals surface area contributed by atoms with Crippen molar-refractivity contribution in [3.8, 4) is 11.5 Å². The molecule has 0 radical (unpaired) electrons. The van der Waals surface area contributed by atoms with E-state index in [1.807, 2.05) is 6.07 Å². The lowest BCUT2D eigenvalue weighted by atomic mass is 10.1. The quantitative estimate of drug-likeness (QED) is 0.525.